The number of benzene rings is 1. The smallest absolute Gasteiger partial charge is 0.161 e. The van der Waals surface area contributed by atoms with Gasteiger partial charge in [0.25, 0.3) is 0 Å². The van der Waals surface area contributed by atoms with Gasteiger partial charge < -0.3 is 14.8 Å². The maximum absolute atomic E-state index is 6.22. The minimum Gasteiger partial charge on any atom is -0.490 e. The lowest BCUT2D eigenvalue weighted by atomic mass is 9.89. The van der Waals surface area contributed by atoms with Gasteiger partial charge in [-0.3, -0.25) is 0 Å². The van der Waals surface area contributed by atoms with Crippen LogP contribution in [0, 0.1) is 5.92 Å². The zero-order chi connectivity index (χ0) is 15.1. The Morgan fingerprint density at radius 3 is 2.76 bits per heavy atom. The van der Waals surface area contributed by atoms with Crippen LogP contribution in [0.15, 0.2) is 18.2 Å². The summed E-state index contributed by atoms with van der Waals surface area (Å²) >= 11 is 0. The molecule has 1 fully saturated rings. The van der Waals surface area contributed by atoms with E-state index in [0.29, 0.717) is 12.7 Å². The van der Waals surface area contributed by atoms with E-state index >= 15 is 0 Å². The predicted molar refractivity (Wildman–Crippen MR) is 87.0 cm³/mol. The second kappa shape index (κ2) is 8.28. The first kappa shape index (κ1) is 16.2. The minimum absolute atomic E-state index is 0.340. The summed E-state index contributed by atoms with van der Waals surface area (Å²) in [6.07, 6.45) is 5.26. The molecule has 21 heavy (non-hydrogen) atoms. The molecule has 0 amide bonds. The molecule has 0 spiro atoms. The number of nitrogens with one attached hydrogen (secondary N) is 1. The molecule has 3 nitrogen and oxygen atoms in total. The average molecular weight is 291 g/mol. The van der Waals surface area contributed by atoms with Gasteiger partial charge in [0.05, 0.1) is 12.7 Å². The van der Waals surface area contributed by atoms with Crippen molar-refractivity contribution in [3.05, 3.63) is 23.8 Å². The van der Waals surface area contributed by atoms with E-state index in [1.807, 2.05) is 6.92 Å². The van der Waals surface area contributed by atoms with Crippen molar-refractivity contribution in [3.63, 3.8) is 0 Å². The van der Waals surface area contributed by atoms with Crippen LogP contribution in [-0.4, -0.2) is 19.3 Å². The van der Waals surface area contributed by atoms with Crippen molar-refractivity contribution in [2.75, 3.05) is 13.2 Å². The van der Waals surface area contributed by atoms with Crippen LogP contribution in [0.2, 0.25) is 0 Å². The molecule has 118 valence electrons. The van der Waals surface area contributed by atoms with Gasteiger partial charge in [-0.1, -0.05) is 26.3 Å². The van der Waals surface area contributed by atoms with Crippen LogP contribution in [0.3, 0.4) is 0 Å². The van der Waals surface area contributed by atoms with Crippen LogP contribution in [0.4, 0.5) is 0 Å². The molecular weight excluding hydrogens is 262 g/mol. The molecule has 0 aromatic heterocycles. The molecular formula is C18H29NO2. The summed E-state index contributed by atoms with van der Waals surface area (Å²) in [6.45, 7) is 8.97. The van der Waals surface area contributed by atoms with Crippen molar-refractivity contribution in [3.8, 4) is 11.5 Å². The molecule has 2 rings (SSSR count). The summed E-state index contributed by atoms with van der Waals surface area (Å²) < 4.78 is 12.0. The summed E-state index contributed by atoms with van der Waals surface area (Å²) in [6, 6.07) is 6.30. The molecule has 0 bridgehead atoms. The second-order valence-corrected chi connectivity index (χ2v) is 6.01. The molecule has 0 aliphatic heterocycles. The molecule has 3 heteroatoms. The first-order chi connectivity index (χ1) is 10.2. The molecule has 0 radical (unpaired) electrons. The van der Waals surface area contributed by atoms with Gasteiger partial charge in [0.2, 0.25) is 0 Å². The van der Waals surface area contributed by atoms with Gasteiger partial charge in [-0.15, -0.1) is 0 Å². The molecule has 2 atom stereocenters. The highest BCUT2D eigenvalue weighted by Gasteiger charge is 2.21. The Morgan fingerprint density at radius 2 is 2.05 bits per heavy atom. The quantitative estimate of drug-likeness (QED) is 0.818. The third-order valence-corrected chi connectivity index (χ3v) is 4.07. The van der Waals surface area contributed by atoms with E-state index in [4.69, 9.17) is 9.47 Å². The number of rotatable bonds is 7. The fourth-order valence-corrected chi connectivity index (χ4v) is 2.96. The Labute approximate surface area is 129 Å². The van der Waals surface area contributed by atoms with Crippen LogP contribution >= 0.6 is 0 Å². The van der Waals surface area contributed by atoms with E-state index in [0.717, 1.165) is 43.3 Å². The van der Waals surface area contributed by atoms with Crippen LogP contribution in [0.5, 0.6) is 11.5 Å². The van der Waals surface area contributed by atoms with Gasteiger partial charge in [0, 0.05) is 6.54 Å². The van der Waals surface area contributed by atoms with Crippen LogP contribution in [0.25, 0.3) is 0 Å². The molecule has 0 heterocycles. The van der Waals surface area contributed by atoms with Crippen molar-refractivity contribution in [1.82, 2.24) is 5.32 Å². The van der Waals surface area contributed by atoms with Gasteiger partial charge in [0.1, 0.15) is 0 Å². The van der Waals surface area contributed by atoms with E-state index in [1.165, 1.54) is 18.4 Å². The fourth-order valence-electron chi connectivity index (χ4n) is 2.96. The van der Waals surface area contributed by atoms with Crippen molar-refractivity contribution in [1.29, 1.82) is 0 Å². The second-order valence-electron chi connectivity index (χ2n) is 6.01. The molecule has 0 saturated heterocycles. The normalized spacial score (nSPS) is 22.0. The Bertz CT molecular complexity index is 433. The van der Waals surface area contributed by atoms with E-state index in [-0.39, 0.29) is 0 Å². The number of hydrogen-bond acceptors (Lipinski definition) is 3. The van der Waals surface area contributed by atoms with Crippen molar-refractivity contribution >= 4 is 0 Å². The first-order valence-corrected chi connectivity index (χ1v) is 8.36. The van der Waals surface area contributed by atoms with Gasteiger partial charge in [-0.25, -0.2) is 0 Å². The summed E-state index contributed by atoms with van der Waals surface area (Å²) in [5, 5.41) is 3.34. The molecule has 1 N–H and O–H groups in total. The largest absolute Gasteiger partial charge is 0.490 e. The lowest BCUT2D eigenvalue weighted by molar-refractivity contribution is 0.124. The highest BCUT2D eigenvalue weighted by atomic mass is 16.5. The molecule has 2 unspecified atom stereocenters. The van der Waals surface area contributed by atoms with Gasteiger partial charge in [-0.05, 0) is 56.3 Å². The summed E-state index contributed by atoms with van der Waals surface area (Å²) in [4.78, 5) is 0. The predicted octanol–water partition coefficient (Wildman–Crippen LogP) is 4.15. The monoisotopic (exact) mass is 291 g/mol. The Hall–Kier alpha value is -1.22. The van der Waals surface area contributed by atoms with Crippen molar-refractivity contribution in [2.45, 2.75) is 59.1 Å². The topological polar surface area (TPSA) is 30.5 Å². The third-order valence-electron chi connectivity index (χ3n) is 4.07. The van der Waals surface area contributed by atoms with Crippen molar-refractivity contribution in [2.24, 2.45) is 5.92 Å². The van der Waals surface area contributed by atoms with Gasteiger partial charge in [0.15, 0.2) is 11.5 Å². The van der Waals surface area contributed by atoms with Crippen LogP contribution in [-0.2, 0) is 6.54 Å². The van der Waals surface area contributed by atoms with Crippen molar-refractivity contribution < 1.29 is 9.47 Å². The molecule has 1 saturated carbocycles. The van der Waals surface area contributed by atoms with E-state index in [9.17, 15) is 0 Å². The lowest BCUT2D eigenvalue weighted by Gasteiger charge is -2.28. The van der Waals surface area contributed by atoms with Gasteiger partial charge in [-0.2, -0.15) is 0 Å². The first-order valence-electron chi connectivity index (χ1n) is 8.36. The molecule has 1 aromatic carbocycles. The van der Waals surface area contributed by atoms with Crippen LogP contribution in [0.1, 0.15) is 52.0 Å². The minimum atomic E-state index is 0.340. The third kappa shape index (κ3) is 4.92. The zero-order valence-electron chi connectivity index (χ0n) is 13.7. The lowest BCUT2D eigenvalue weighted by Crippen LogP contribution is -2.24. The Balaban J connectivity index is 2.06. The number of hydrogen-bond donors (Lipinski definition) is 1. The fraction of sp³-hybridized carbons (Fsp3) is 0.667. The standard InChI is InChI=1S/C18H29NO2/c1-4-19-13-15-9-10-17(18(12-15)20-5-2)21-16-8-6-7-14(3)11-16/h9-10,12,14,16,19H,4-8,11,13H2,1-3H3. The highest BCUT2D eigenvalue weighted by Crippen LogP contribution is 2.33. The summed E-state index contributed by atoms with van der Waals surface area (Å²) in [7, 11) is 0. The summed E-state index contributed by atoms with van der Waals surface area (Å²) in [5.74, 6) is 2.55. The van der Waals surface area contributed by atoms with E-state index in [1.54, 1.807) is 0 Å². The average Bonchev–Trinajstić information content (AvgIpc) is 2.48. The SMILES string of the molecule is CCNCc1ccc(OC2CCCC(C)C2)c(OCC)c1. The maximum Gasteiger partial charge on any atom is 0.161 e. The highest BCUT2D eigenvalue weighted by molar-refractivity contribution is 5.43. The number of ether oxygens (including phenoxy) is 2. The zero-order valence-corrected chi connectivity index (χ0v) is 13.7. The Morgan fingerprint density at radius 1 is 1.19 bits per heavy atom. The Kier molecular flexibility index (Phi) is 6.37. The maximum atomic E-state index is 6.22. The molecule has 1 aliphatic rings. The van der Waals surface area contributed by atoms with E-state index in [2.05, 4.69) is 37.4 Å². The van der Waals surface area contributed by atoms with Gasteiger partial charge >= 0.3 is 0 Å². The van der Waals surface area contributed by atoms with Crippen LogP contribution < -0.4 is 14.8 Å². The summed E-state index contributed by atoms with van der Waals surface area (Å²) in [5.41, 5.74) is 1.24. The van der Waals surface area contributed by atoms with E-state index < -0.39 is 0 Å². The molecule has 1 aromatic rings. The molecule has 1 aliphatic carbocycles.